The molecule has 1 aromatic rings. The highest BCUT2D eigenvalue weighted by molar-refractivity contribution is 5.80. The fourth-order valence-corrected chi connectivity index (χ4v) is 4.16. The first-order valence-electron chi connectivity index (χ1n) is 10.1. The Hall–Kier alpha value is -1.59. The number of hydrogen-bond donors (Lipinski definition) is 1. The average Bonchev–Trinajstić information content (AvgIpc) is 3.20. The van der Waals surface area contributed by atoms with Crippen molar-refractivity contribution in [3.8, 4) is 0 Å². The number of nitrogens with zero attached hydrogens (tertiary/aromatic N) is 3. The van der Waals surface area contributed by atoms with Gasteiger partial charge in [-0.25, -0.2) is 0 Å². The lowest BCUT2D eigenvalue weighted by Crippen LogP contribution is -2.51. The molecule has 3 rings (SSSR count). The molecule has 0 aromatic heterocycles. The van der Waals surface area contributed by atoms with Gasteiger partial charge < -0.3 is 15.0 Å². The number of ether oxygens (including phenoxy) is 1. The maximum absolute atomic E-state index is 6.07. The lowest BCUT2D eigenvalue weighted by Gasteiger charge is -2.36. The minimum Gasteiger partial charge on any atom is -0.370 e. The molecular formula is C21H34N4O. The van der Waals surface area contributed by atoms with Crippen LogP contribution in [0.3, 0.4) is 0 Å². The van der Waals surface area contributed by atoms with Crippen molar-refractivity contribution in [1.82, 2.24) is 15.1 Å². The van der Waals surface area contributed by atoms with E-state index in [4.69, 9.17) is 4.74 Å². The molecule has 0 saturated carbocycles. The molecule has 2 atom stereocenters. The summed E-state index contributed by atoms with van der Waals surface area (Å²) in [5.74, 6) is 1.00. The van der Waals surface area contributed by atoms with Gasteiger partial charge in [-0.1, -0.05) is 31.2 Å². The van der Waals surface area contributed by atoms with Crippen LogP contribution in [0.5, 0.6) is 0 Å². The predicted octanol–water partition coefficient (Wildman–Crippen LogP) is 2.82. The third-order valence-electron chi connectivity index (χ3n) is 5.74. The molecule has 0 bridgehead atoms. The molecule has 2 aliphatic rings. The van der Waals surface area contributed by atoms with Crippen LogP contribution in [-0.4, -0.2) is 68.2 Å². The van der Waals surface area contributed by atoms with Crippen molar-refractivity contribution in [2.75, 3.05) is 46.4 Å². The third kappa shape index (κ3) is 4.57. The maximum Gasteiger partial charge on any atom is 0.193 e. The summed E-state index contributed by atoms with van der Waals surface area (Å²) < 4.78 is 6.07. The molecule has 0 spiro atoms. The molecule has 5 heteroatoms. The average molecular weight is 359 g/mol. The van der Waals surface area contributed by atoms with Crippen LogP contribution in [0.2, 0.25) is 0 Å². The predicted molar refractivity (Wildman–Crippen MR) is 108 cm³/mol. The van der Waals surface area contributed by atoms with Crippen LogP contribution in [0.4, 0.5) is 0 Å². The smallest absolute Gasteiger partial charge is 0.193 e. The number of rotatable bonds is 5. The SMILES string of the molecule is CCC(CNC(=NC)N1CCOC(c2ccccc2C)C1)N1CCCC1. The quantitative estimate of drug-likeness (QED) is 0.649. The van der Waals surface area contributed by atoms with Gasteiger partial charge in [-0.3, -0.25) is 9.89 Å². The zero-order valence-corrected chi connectivity index (χ0v) is 16.6. The maximum atomic E-state index is 6.07. The first-order chi connectivity index (χ1) is 12.7. The van der Waals surface area contributed by atoms with Gasteiger partial charge in [0.25, 0.3) is 0 Å². The number of morpholine rings is 1. The van der Waals surface area contributed by atoms with Crippen molar-refractivity contribution in [3.63, 3.8) is 0 Å². The number of benzene rings is 1. The molecule has 5 nitrogen and oxygen atoms in total. The molecule has 1 aromatic carbocycles. The molecule has 2 heterocycles. The Kier molecular flexibility index (Phi) is 6.92. The summed E-state index contributed by atoms with van der Waals surface area (Å²) in [6.07, 6.45) is 3.97. The van der Waals surface area contributed by atoms with Gasteiger partial charge in [-0.2, -0.15) is 0 Å². The fraction of sp³-hybridized carbons (Fsp3) is 0.667. The van der Waals surface area contributed by atoms with E-state index in [0.29, 0.717) is 6.04 Å². The van der Waals surface area contributed by atoms with Crippen LogP contribution >= 0.6 is 0 Å². The molecule has 144 valence electrons. The van der Waals surface area contributed by atoms with Crippen LogP contribution in [0.1, 0.15) is 43.4 Å². The van der Waals surface area contributed by atoms with Crippen molar-refractivity contribution in [3.05, 3.63) is 35.4 Å². The second-order valence-electron chi connectivity index (χ2n) is 7.40. The molecule has 2 aliphatic heterocycles. The first-order valence-corrected chi connectivity index (χ1v) is 10.1. The Balaban J connectivity index is 1.59. The normalized spacial score (nSPS) is 23.3. The Morgan fingerprint density at radius 3 is 2.73 bits per heavy atom. The van der Waals surface area contributed by atoms with E-state index < -0.39 is 0 Å². The van der Waals surface area contributed by atoms with E-state index in [1.807, 2.05) is 7.05 Å². The summed E-state index contributed by atoms with van der Waals surface area (Å²) in [6.45, 7) is 10.4. The lowest BCUT2D eigenvalue weighted by molar-refractivity contribution is -0.00841. The lowest BCUT2D eigenvalue weighted by atomic mass is 10.0. The number of guanidine groups is 1. The third-order valence-corrected chi connectivity index (χ3v) is 5.74. The second kappa shape index (κ2) is 9.38. The second-order valence-corrected chi connectivity index (χ2v) is 7.40. The largest absolute Gasteiger partial charge is 0.370 e. The van der Waals surface area contributed by atoms with Crippen LogP contribution in [0.15, 0.2) is 29.3 Å². The van der Waals surface area contributed by atoms with Crippen molar-refractivity contribution >= 4 is 5.96 Å². The van der Waals surface area contributed by atoms with E-state index in [-0.39, 0.29) is 6.10 Å². The van der Waals surface area contributed by atoms with E-state index in [0.717, 1.165) is 32.2 Å². The van der Waals surface area contributed by atoms with E-state index in [1.165, 1.54) is 43.5 Å². The minimum absolute atomic E-state index is 0.115. The minimum atomic E-state index is 0.115. The Morgan fingerprint density at radius 1 is 1.27 bits per heavy atom. The zero-order valence-electron chi connectivity index (χ0n) is 16.6. The van der Waals surface area contributed by atoms with Crippen molar-refractivity contribution < 1.29 is 4.74 Å². The monoisotopic (exact) mass is 358 g/mol. The summed E-state index contributed by atoms with van der Waals surface area (Å²) in [5, 5.41) is 3.63. The number of hydrogen-bond acceptors (Lipinski definition) is 3. The number of nitrogens with one attached hydrogen (secondary N) is 1. The molecule has 2 fully saturated rings. The fourth-order valence-electron chi connectivity index (χ4n) is 4.16. The van der Waals surface area contributed by atoms with Gasteiger partial charge in [-0.05, 0) is 50.4 Å². The van der Waals surface area contributed by atoms with Gasteiger partial charge in [0, 0.05) is 26.2 Å². The molecule has 2 saturated heterocycles. The van der Waals surface area contributed by atoms with Gasteiger partial charge in [-0.15, -0.1) is 0 Å². The summed E-state index contributed by atoms with van der Waals surface area (Å²) in [7, 11) is 1.89. The summed E-state index contributed by atoms with van der Waals surface area (Å²) in [6, 6.07) is 9.12. The van der Waals surface area contributed by atoms with Crippen LogP contribution in [0, 0.1) is 6.92 Å². The highest BCUT2D eigenvalue weighted by atomic mass is 16.5. The zero-order chi connectivity index (χ0) is 18.4. The molecular weight excluding hydrogens is 324 g/mol. The van der Waals surface area contributed by atoms with Gasteiger partial charge in [0.2, 0.25) is 0 Å². The highest BCUT2D eigenvalue weighted by Gasteiger charge is 2.26. The van der Waals surface area contributed by atoms with E-state index in [2.05, 4.69) is 58.2 Å². The van der Waals surface area contributed by atoms with Crippen LogP contribution < -0.4 is 5.32 Å². The molecule has 26 heavy (non-hydrogen) atoms. The van der Waals surface area contributed by atoms with Gasteiger partial charge in [0.1, 0.15) is 6.10 Å². The topological polar surface area (TPSA) is 40.1 Å². The summed E-state index contributed by atoms with van der Waals surface area (Å²) in [4.78, 5) is 9.52. The van der Waals surface area contributed by atoms with E-state index in [9.17, 15) is 0 Å². The Morgan fingerprint density at radius 2 is 2.04 bits per heavy atom. The van der Waals surface area contributed by atoms with Crippen molar-refractivity contribution in [2.45, 2.75) is 45.3 Å². The molecule has 0 radical (unpaired) electrons. The first kappa shape index (κ1) is 19.2. The van der Waals surface area contributed by atoms with Gasteiger partial charge in [0.05, 0.1) is 13.2 Å². The van der Waals surface area contributed by atoms with Crippen molar-refractivity contribution in [1.29, 1.82) is 0 Å². The standard InChI is InChI=1S/C21H34N4O/c1-4-18(24-11-7-8-12-24)15-23-21(22-3)25-13-14-26-20(16-25)19-10-6-5-9-17(19)2/h5-6,9-10,18,20H,4,7-8,11-16H2,1-3H3,(H,22,23). The number of aryl methyl sites for hydroxylation is 1. The van der Waals surface area contributed by atoms with Crippen LogP contribution in [0.25, 0.3) is 0 Å². The van der Waals surface area contributed by atoms with E-state index in [1.54, 1.807) is 0 Å². The summed E-state index contributed by atoms with van der Waals surface area (Å²) >= 11 is 0. The van der Waals surface area contributed by atoms with Crippen LogP contribution in [-0.2, 0) is 4.74 Å². The molecule has 1 N–H and O–H groups in total. The van der Waals surface area contributed by atoms with Crippen molar-refractivity contribution in [2.24, 2.45) is 4.99 Å². The molecule has 0 amide bonds. The number of aliphatic imine (C=N–C) groups is 1. The molecule has 0 aliphatic carbocycles. The number of likely N-dealkylation sites (tertiary alicyclic amines) is 1. The van der Waals surface area contributed by atoms with Gasteiger partial charge >= 0.3 is 0 Å². The van der Waals surface area contributed by atoms with Gasteiger partial charge in [0.15, 0.2) is 5.96 Å². The molecule has 2 unspecified atom stereocenters. The van der Waals surface area contributed by atoms with E-state index >= 15 is 0 Å². The summed E-state index contributed by atoms with van der Waals surface area (Å²) in [5.41, 5.74) is 2.58. The highest BCUT2D eigenvalue weighted by Crippen LogP contribution is 2.25. The Labute approximate surface area is 158 Å². The Bertz CT molecular complexity index is 597.